The average molecular weight is 331 g/mol. The van der Waals surface area contributed by atoms with Crippen molar-refractivity contribution in [3.05, 3.63) is 64.3 Å². The maximum atomic E-state index is 12.6. The molecular weight excluding hydrogens is 318 g/mol. The highest BCUT2D eigenvalue weighted by Crippen LogP contribution is 2.29. The molecule has 0 unspecified atom stereocenters. The summed E-state index contributed by atoms with van der Waals surface area (Å²) in [6.45, 7) is 1.52. The number of hydrogen-bond donors (Lipinski definition) is 2. The molecule has 8 heteroatoms. The van der Waals surface area contributed by atoms with Crippen molar-refractivity contribution in [2.45, 2.75) is 11.8 Å². The summed E-state index contributed by atoms with van der Waals surface area (Å²) in [5, 5.41) is 12.0. The zero-order valence-corrected chi connectivity index (χ0v) is 12.9. The molecule has 118 valence electrons. The van der Waals surface area contributed by atoms with E-state index in [0.717, 1.165) is 10.9 Å². The van der Waals surface area contributed by atoms with Gasteiger partial charge in [-0.2, -0.15) is 0 Å². The summed E-state index contributed by atoms with van der Waals surface area (Å²) in [6.07, 6.45) is 1.75. The van der Waals surface area contributed by atoms with Gasteiger partial charge in [0, 0.05) is 28.9 Å². The molecule has 3 rings (SSSR count). The average Bonchev–Trinajstić information content (AvgIpc) is 2.93. The van der Waals surface area contributed by atoms with Gasteiger partial charge < -0.3 is 4.98 Å². The van der Waals surface area contributed by atoms with Crippen LogP contribution in [0.4, 0.5) is 11.4 Å². The molecule has 3 aromatic rings. The lowest BCUT2D eigenvalue weighted by Gasteiger charge is -2.10. The van der Waals surface area contributed by atoms with Gasteiger partial charge in [0.15, 0.2) is 4.90 Å². The largest absolute Gasteiger partial charge is 0.361 e. The molecule has 0 saturated heterocycles. The Morgan fingerprint density at radius 3 is 2.70 bits per heavy atom. The van der Waals surface area contributed by atoms with Crippen LogP contribution in [0.15, 0.2) is 53.6 Å². The van der Waals surface area contributed by atoms with Crippen molar-refractivity contribution in [2.75, 3.05) is 4.72 Å². The smallest absolute Gasteiger partial charge is 0.290 e. The molecule has 2 aromatic carbocycles. The van der Waals surface area contributed by atoms with Crippen molar-refractivity contribution in [3.63, 3.8) is 0 Å². The van der Waals surface area contributed by atoms with E-state index in [-0.39, 0.29) is 4.90 Å². The van der Waals surface area contributed by atoms with Crippen molar-refractivity contribution in [3.8, 4) is 0 Å². The summed E-state index contributed by atoms with van der Waals surface area (Å²) in [6, 6.07) is 11.0. The van der Waals surface area contributed by atoms with Crippen LogP contribution in [-0.2, 0) is 10.0 Å². The van der Waals surface area contributed by atoms with Gasteiger partial charge in [-0.25, -0.2) is 8.42 Å². The molecule has 0 amide bonds. The minimum Gasteiger partial charge on any atom is -0.361 e. The van der Waals surface area contributed by atoms with Gasteiger partial charge in [-0.1, -0.05) is 12.1 Å². The molecule has 0 aliphatic heterocycles. The first-order valence-corrected chi connectivity index (χ1v) is 8.21. The lowest BCUT2D eigenvalue weighted by molar-refractivity contribution is -0.387. The van der Waals surface area contributed by atoms with Crippen molar-refractivity contribution < 1.29 is 13.3 Å². The standard InChI is InChI=1S/C15H13N3O4S/c1-10-3-2-4-14(18(19)20)15(10)23(21,22)17-12-5-6-13-11(9-12)7-8-16-13/h2-9,16-17H,1H3. The van der Waals surface area contributed by atoms with E-state index in [4.69, 9.17) is 0 Å². The number of H-pyrrole nitrogens is 1. The Bertz CT molecular complexity index is 1010. The first kappa shape index (κ1) is 15.0. The van der Waals surface area contributed by atoms with Crippen LogP contribution in [0.25, 0.3) is 10.9 Å². The zero-order valence-electron chi connectivity index (χ0n) is 12.1. The van der Waals surface area contributed by atoms with Gasteiger partial charge in [-0.15, -0.1) is 0 Å². The quantitative estimate of drug-likeness (QED) is 0.565. The van der Waals surface area contributed by atoms with Gasteiger partial charge in [0.1, 0.15) is 0 Å². The zero-order chi connectivity index (χ0) is 16.6. The highest BCUT2D eigenvalue weighted by molar-refractivity contribution is 7.93. The summed E-state index contributed by atoms with van der Waals surface area (Å²) >= 11 is 0. The molecule has 1 aromatic heterocycles. The minimum atomic E-state index is -4.07. The maximum absolute atomic E-state index is 12.6. The Hall–Kier alpha value is -2.87. The van der Waals surface area contributed by atoms with Crippen LogP contribution < -0.4 is 4.72 Å². The van der Waals surface area contributed by atoms with Crippen LogP contribution in [0.2, 0.25) is 0 Å². The van der Waals surface area contributed by atoms with Gasteiger partial charge in [0.05, 0.1) is 4.92 Å². The second kappa shape index (κ2) is 5.40. The van der Waals surface area contributed by atoms with Crippen LogP contribution >= 0.6 is 0 Å². The van der Waals surface area contributed by atoms with Crippen molar-refractivity contribution >= 4 is 32.3 Å². The molecule has 0 aliphatic carbocycles. The number of sulfonamides is 1. The first-order valence-electron chi connectivity index (χ1n) is 6.72. The van der Waals surface area contributed by atoms with Gasteiger partial charge in [-0.05, 0) is 36.8 Å². The van der Waals surface area contributed by atoms with Crippen molar-refractivity contribution in [1.29, 1.82) is 0 Å². The molecule has 0 bridgehead atoms. The number of anilines is 1. The first-order chi connectivity index (χ1) is 10.9. The van der Waals surface area contributed by atoms with Crippen LogP contribution in [-0.4, -0.2) is 18.3 Å². The topological polar surface area (TPSA) is 105 Å². The van der Waals surface area contributed by atoms with Crippen LogP contribution in [0.5, 0.6) is 0 Å². The van der Waals surface area contributed by atoms with Crippen LogP contribution in [0, 0.1) is 17.0 Å². The fourth-order valence-corrected chi connectivity index (χ4v) is 3.90. The second-order valence-corrected chi connectivity index (χ2v) is 6.68. The Morgan fingerprint density at radius 1 is 1.17 bits per heavy atom. The van der Waals surface area contributed by atoms with E-state index in [0.29, 0.717) is 11.3 Å². The molecule has 2 N–H and O–H groups in total. The molecule has 7 nitrogen and oxygen atoms in total. The van der Waals surface area contributed by atoms with E-state index in [1.54, 1.807) is 24.4 Å². The van der Waals surface area contributed by atoms with Gasteiger partial charge in [-0.3, -0.25) is 14.8 Å². The van der Waals surface area contributed by atoms with Crippen LogP contribution in [0.3, 0.4) is 0 Å². The van der Waals surface area contributed by atoms with Gasteiger partial charge in [0.2, 0.25) is 0 Å². The van der Waals surface area contributed by atoms with E-state index in [1.807, 2.05) is 6.07 Å². The summed E-state index contributed by atoms with van der Waals surface area (Å²) in [5.74, 6) is 0. The summed E-state index contributed by atoms with van der Waals surface area (Å²) in [7, 11) is -4.07. The Kier molecular flexibility index (Phi) is 3.53. The molecule has 1 heterocycles. The predicted octanol–water partition coefficient (Wildman–Crippen LogP) is 3.19. The molecule has 0 radical (unpaired) electrons. The number of nitrogens with zero attached hydrogens (tertiary/aromatic N) is 1. The Morgan fingerprint density at radius 2 is 1.96 bits per heavy atom. The van der Waals surface area contributed by atoms with Gasteiger partial charge in [0.25, 0.3) is 15.7 Å². The van der Waals surface area contributed by atoms with E-state index >= 15 is 0 Å². The predicted molar refractivity (Wildman–Crippen MR) is 86.9 cm³/mol. The van der Waals surface area contributed by atoms with Crippen LogP contribution in [0.1, 0.15) is 5.56 Å². The summed E-state index contributed by atoms with van der Waals surface area (Å²) in [5.41, 5.74) is 1.08. The molecule has 23 heavy (non-hydrogen) atoms. The number of aromatic amines is 1. The van der Waals surface area contributed by atoms with Crippen molar-refractivity contribution in [2.24, 2.45) is 0 Å². The number of benzene rings is 2. The third-order valence-corrected chi connectivity index (χ3v) is 5.04. The minimum absolute atomic E-state index is 0.314. The Labute approximate surface area is 132 Å². The molecule has 0 spiro atoms. The number of hydrogen-bond acceptors (Lipinski definition) is 4. The number of aryl methyl sites for hydroxylation is 1. The van der Waals surface area contributed by atoms with E-state index in [2.05, 4.69) is 9.71 Å². The number of rotatable bonds is 4. The third-order valence-electron chi connectivity index (χ3n) is 3.46. The molecular formula is C15H13N3O4S. The highest BCUT2D eigenvalue weighted by Gasteiger charge is 2.27. The van der Waals surface area contributed by atoms with E-state index in [1.165, 1.54) is 25.1 Å². The summed E-state index contributed by atoms with van der Waals surface area (Å²) < 4.78 is 27.6. The van der Waals surface area contributed by atoms with Crippen molar-refractivity contribution in [1.82, 2.24) is 4.98 Å². The number of aromatic nitrogens is 1. The lowest BCUT2D eigenvalue weighted by atomic mass is 10.2. The number of nitro benzene ring substituents is 1. The molecule has 0 aliphatic rings. The lowest BCUT2D eigenvalue weighted by Crippen LogP contribution is -2.16. The van der Waals surface area contributed by atoms with E-state index < -0.39 is 20.6 Å². The van der Waals surface area contributed by atoms with E-state index in [9.17, 15) is 18.5 Å². The molecule has 0 fully saturated rings. The SMILES string of the molecule is Cc1cccc([N+](=O)[O-])c1S(=O)(=O)Nc1ccc2[nH]ccc2c1. The monoisotopic (exact) mass is 331 g/mol. The Balaban J connectivity index is 2.07. The number of fused-ring (bicyclic) bond motifs is 1. The molecule has 0 saturated carbocycles. The number of nitrogens with one attached hydrogen (secondary N) is 2. The normalized spacial score (nSPS) is 11.5. The van der Waals surface area contributed by atoms with Gasteiger partial charge >= 0.3 is 0 Å². The fraction of sp³-hybridized carbons (Fsp3) is 0.0667. The molecule has 0 atom stereocenters. The highest BCUT2D eigenvalue weighted by atomic mass is 32.2. The number of nitro groups is 1. The summed E-state index contributed by atoms with van der Waals surface area (Å²) in [4.78, 5) is 13.1. The second-order valence-electron chi connectivity index (χ2n) is 5.07. The third kappa shape index (κ3) is 2.76. The fourth-order valence-electron chi connectivity index (χ4n) is 2.45. The maximum Gasteiger partial charge on any atom is 0.290 e.